The number of imidazole rings is 4. The van der Waals surface area contributed by atoms with Crippen molar-refractivity contribution in [2.45, 2.75) is 98.4 Å². The molecule has 13 N–H and O–H groups in total. The van der Waals surface area contributed by atoms with E-state index in [1.807, 2.05) is 0 Å². The number of anilines is 4. The molecule has 6 saturated heterocycles. The summed E-state index contributed by atoms with van der Waals surface area (Å²) in [7, 11) is -9.57. The Labute approximate surface area is 564 Å². The number of hydrogen-bond donors (Lipinski definition) is 9. The molecule has 18 atom stereocenters. The summed E-state index contributed by atoms with van der Waals surface area (Å²) >= 11 is 10.1. The summed E-state index contributed by atoms with van der Waals surface area (Å²) in [4.78, 5) is 79.3. The van der Waals surface area contributed by atoms with Gasteiger partial charge in [-0.3, -0.25) is 46.9 Å². The number of ether oxygens (including phenoxy) is 4. The second-order valence-electron chi connectivity index (χ2n) is 20.1. The van der Waals surface area contributed by atoms with Gasteiger partial charge in [-0.25, -0.2) is 65.8 Å². The van der Waals surface area contributed by atoms with E-state index in [9.17, 15) is 35.9 Å². The summed E-state index contributed by atoms with van der Waals surface area (Å²) in [6, 6.07) is 0. The molecule has 2 unspecified atom stereocenters. The van der Waals surface area contributed by atoms with E-state index in [0.29, 0.717) is 0 Å². The van der Waals surface area contributed by atoms with E-state index in [2.05, 4.69) is 69.3 Å². The largest absolute Gasteiger partial charge is 1.00 e. The zero-order valence-corrected chi connectivity index (χ0v) is 55.6. The standard InChI is InChI=1S/2C20H22F2N11O9PS2.2Na/c2*21-8-12-6(39-18(8)32-4-27-10-14(23)25-3-26-15(10)32)1-29-45(36,37)42-13-7(2-38-43(35,44)41-12)40-19(9(13)22)33-5-28-11-16(33)30-20(24)31-17(11)34;;/h2*3-9,12-13,18-19,29H,1-2H2,(H,35,44)(H2,23,25,26)(H3,24,30,31,34);;/q;;2*+1/p-1/t2*6-,7-,8-,9+,12-,13-,18-,19-,43?;;/m11../s1. The molecular formula is C40H43F4N22Na2O18P2S4+. The van der Waals surface area contributed by atoms with Crippen molar-refractivity contribution < 1.29 is 148 Å². The van der Waals surface area contributed by atoms with Crippen molar-refractivity contribution in [3.05, 3.63) is 58.7 Å². The van der Waals surface area contributed by atoms with Gasteiger partial charge in [0.2, 0.25) is 11.9 Å². The summed E-state index contributed by atoms with van der Waals surface area (Å²) in [5, 5.41) is 0. The van der Waals surface area contributed by atoms with E-state index < -0.39 is 170 Å². The average Bonchev–Trinajstić information content (AvgIpc) is 1.63. The van der Waals surface area contributed by atoms with Gasteiger partial charge in [-0.2, -0.15) is 36.2 Å². The van der Waals surface area contributed by atoms with Crippen LogP contribution in [-0.2, 0) is 94.6 Å². The molecule has 40 nitrogen and oxygen atoms in total. The van der Waals surface area contributed by atoms with Gasteiger partial charge in [-0.15, -0.1) is 0 Å². The number of nitrogens with one attached hydrogen (secondary N) is 4. The van der Waals surface area contributed by atoms with Gasteiger partial charge in [0.1, 0.15) is 72.5 Å². The summed E-state index contributed by atoms with van der Waals surface area (Å²) in [5.74, 6) is -0.557. The molecule has 0 saturated carbocycles. The first-order valence-corrected chi connectivity index (χ1v) is 33.7. The quantitative estimate of drug-likeness (QED) is 0.0342. The first kappa shape index (κ1) is 68.7. The molecule has 6 aliphatic heterocycles. The smallest absolute Gasteiger partial charge is 0.660 e. The van der Waals surface area contributed by atoms with E-state index in [4.69, 9.17) is 92.4 Å². The van der Waals surface area contributed by atoms with E-state index in [1.165, 1.54) is 21.8 Å². The number of aromatic nitrogens is 16. The molecule has 0 spiro atoms. The number of hydrogen-bond acceptors (Lipinski definition) is 33. The van der Waals surface area contributed by atoms with Crippen LogP contribution in [0.15, 0.2) is 47.6 Å². The molecule has 0 aliphatic carbocycles. The third kappa shape index (κ3) is 13.1. The van der Waals surface area contributed by atoms with Crippen LogP contribution in [0.2, 0.25) is 0 Å². The molecule has 484 valence electrons. The molecular weight excluding hydrogens is 1390 g/mol. The Kier molecular flexibility index (Phi) is 19.5. The fraction of sp³-hybridized carbons (Fsp3) is 0.500. The summed E-state index contributed by atoms with van der Waals surface area (Å²) in [6.45, 7) is -11.8. The number of halogens is 4. The van der Waals surface area contributed by atoms with Crippen LogP contribution < -0.4 is 103 Å². The van der Waals surface area contributed by atoms with Gasteiger partial charge in [0, 0.05) is 13.1 Å². The topological polar surface area (TPSA) is 540 Å². The van der Waals surface area contributed by atoms with Crippen molar-refractivity contribution in [3.8, 4) is 0 Å². The monoisotopic (exact) mass is 1430 g/mol. The molecule has 0 bridgehead atoms. The maximum absolute atomic E-state index is 15.9. The van der Waals surface area contributed by atoms with Crippen molar-refractivity contribution in [2.24, 2.45) is 0 Å². The predicted molar refractivity (Wildman–Crippen MR) is 297 cm³/mol. The number of nitrogens with zero attached hydrogens (tertiary/aromatic N) is 14. The van der Waals surface area contributed by atoms with Crippen LogP contribution >= 0.6 is 13.5 Å². The minimum Gasteiger partial charge on any atom is -0.660 e. The fourth-order valence-electron chi connectivity index (χ4n) is 10.5. The summed E-state index contributed by atoms with van der Waals surface area (Å²) < 4.78 is 192. The summed E-state index contributed by atoms with van der Waals surface area (Å²) in [6.07, 6.45) is -21.3. The minimum atomic E-state index is -4.79. The Morgan fingerprint density at radius 1 is 0.543 bits per heavy atom. The van der Waals surface area contributed by atoms with Crippen LogP contribution in [0.25, 0.3) is 44.7 Å². The zero-order valence-electron chi connectivity index (χ0n) is 46.5. The fourth-order valence-corrected chi connectivity index (χ4v) is 15.3. The van der Waals surface area contributed by atoms with Gasteiger partial charge in [-0.05, 0) is 11.8 Å². The normalized spacial score (nSPS) is 34.8. The Morgan fingerprint density at radius 2 is 0.902 bits per heavy atom. The van der Waals surface area contributed by atoms with Gasteiger partial charge in [-0.1, -0.05) is 0 Å². The number of aromatic amines is 2. The Bertz CT molecular complexity index is 4330. The number of fused-ring (bicyclic) bond motifs is 8. The van der Waals surface area contributed by atoms with E-state index >= 15 is 17.6 Å². The minimum absolute atomic E-state index is 0. The van der Waals surface area contributed by atoms with E-state index in [0.717, 1.165) is 34.4 Å². The van der Waals surface area contributed by atoms with E-state index in [-0.39, 0.29) is 127 Å². The van der Waals surface area contributed by atoms with Crippen LogP contribution in [0.1, 0.15) is 24.9 Å². The number of nitrogen functional groups attached to an aromatic ring is 4. The van der Waals surface area contributed by atoms with Crippen LogP contribution in [0, 0.1) is 0 Å². The molecule has 52 heteroatoms. The number of alkyl halides is 4. The number of H-pyrrole nitrogens is 2. The van der Waals surface area contributed by atoms with Crippen molar-refractivity contribution in [1.29, 1.82) is 0 Å². The first-order valence-electron chi connectivity index (χ1n) is 25.8. The maximum Gasteiger partial charge on any atom is 1.00 e. The SMILES string of the molecule is Nc1nc2c(ncn2[C@@H]2O[C@@H]3COP(=O)([S-])O[C@H]4[C@@H](F)[C@H](n5cnc6c(N)ncnc65)O[C@@H]4CNS(=O)(=O)O[C@H]3[C@@H]2F)c(=O)[nH]1.Nc1nc2c(ncn2[C@@H]2O[C@@H]3COP(O)(=S)O[C@H]4[C@@H](F)[C@H](n5cnc6c(N)ncnc65)O[C@@H]4CNS(=O)(=O)O[C@H]3[C@@H]2F)c(=O)[nH]1.[Na+].[Na+]. The van der Waals surface area contributed by atoms with Gasteiger partial charge in [0.15, 0.2) is 102 Å². The average molecular weight is 1430 g/mol. The van der Waals surface area contributed by atoms with Gasteiger partial charge in [0.05, 0.1) is 38.5 Å². The first-order chi connectivity index (χ1) is 42.6. The maximum atomic E-state index is 15.9. The Morgan fingerprint density at radius 3 is 1.33 bits per heavy atom. The number of rotatable bonds is 4. The number of nitrogens with two attached hydrogens (primary N) is 4. The van der Waals surface area contributed by atoms with Crippen molar-refractivity contribution >= 4 is 126 Å². The van der Waals surface area contributed by atoms with Crippen molar-refractivity contribution in [2.75, 3.05) is 49.2 Å². The molecule has 14 rings (SSSR count). The molecule has 0 amide bonds. The third-order valence-corrected chi connectivity index (χ3v) is 19.6. The second kappa shape index (κ2) is 26.1. The molecule has 8 aromatic heterocycles. The van der Waals surface area contributed by atoms with Crippen molar-refractivity contribution in [3.63, 3.8) is 0 Å². The molecule has 92 heavy (non-hydrogen) atoms. The summed E-state index contributed by atoms with van der Waals surface area (Å²) in [5.41, 5.74) is 21.2. The molecule has 6 aliphatic rings. The van der Waals surface area contributed by atoms with Gasteiger partial charge in [0.25, 0.3) is 11.1 Å². The van der Waals surface area contributed by atoms with Gasteiger partial charge >= 0.3 is 86.4 Å². The molecule has 0 aromatic carbocycles. The molecule has 8 aromatic rings. The second-order valence-corrected chi connectivity index (χ2v) is 28.4. The Hall–Kier alpha value is -4.67. The zero-order chi connectivity index (χ0) is 63.7. The van der Waals surface area contributed by atoms with Crippen LogP contribution in [0.3, 0.4) is 0 Å². The van der Waals surface area contributed by atoms with Crippen molar-refractivity contribution in [1.82, 2.24) is 87.5 Å². The van der Waals surface area contributed by atoms with E-state index in [1.54, 1.807) is 0 Å². The van der Waals surface area contributed by atoms with Crippen LogP contribution in [0.4, 0.5) is 41.1 Å². The predicted octanol–water partition coefficient (Wildman–Crippen LogP) is -8.66. The van der Waals surface area contributed by atoms with Crippen LogP contribution in [0.5, 0.6) is 0 Å². The van der Waals surface area contributed by atoms with Crippen LogP contribution in [-0.4, -0.2) is 200 Å². The molecule has 6 fully saturated rings. The van der Waals surface area contributed by atoms with Gasteiger partial charge < -0.3 is 72.6 Å². The Balaban J connectivity index is 0.000000184. The molecule has 0 radical (unpaired) electrons. The molecule has 14 heterocycles. The third-order valence-electron chi connectivity index (χ3n) is 14.5.